The van der Waals surface area contributed by atoms with Crippen LogP contribution in [0, 0.1) is 25.7 Å². The molecule has 0 radical (unpaired) electrons. The maximum atomic E-state index is 12.9. The van der Waals surface area contributed by atoms with E-state index in [2.05, 4.69) is 25.2 Å². The summed E-state index contributed by atoms with van der Waals surface area (Å²) in [6.45, 7) is 11.7. The van der Waals surface area contributed by atoms with Crippen LogP contribution in [-0.2, 0) is 4.79 Å². The first kappa shape index (κ1) is 20.4. The number of hydrogen-bond donors (Lipinski definition) is 2. The summed E-state index contributed by atoms with van der Waals surface area (Å²) in [6.07, 6.45) is 1.65. The molecule has 0 spiro atoms. The van der Waals surface area contributed by atoms with E-state index in [1.54, 1.807) is 0 Å². The van der Waals surface area contributed by atoms with Crippen LogP contribution in [0.15, 0.2) is 18.2 Å². The molecule has 5 nitrogen and oxygen atoms in total. The van der Waals surface area contributed by atoms with Gasteiger partial charge in [-0.3, -0.25) is 9.59 Å². The molecule has 1 heterocycles. The molecule has 26 heavy (non-hydrogen) atoms. The van der Waals surface area contributed by atoms with Crippen molar-refractivity contribution in [2.24, 2.45) is 17.6 Å². The van der Waals surface area contributed by atoms with E-state index < -0.39 is 5.54 Å². The van der Waals surface area contributed by atoms with Crippen LogP contribution in [0.5, 0.6) is 0 Å². The van der Waals surface area contributed by atoms with Gasteiger partial charge in [0.2, 0.25) is 5.91 Å². The van der Waals surface area contributed by atoms with Crippen molar-refractivity contribution in [3.05, 3.63) is 34.9 Å². The number of nitrogens with one attached hydrogen (secondary N) is 1. The van der Waals surface area contributed by atoms with Crippen LogP contribution in [0.25, 0.3) is 0 Å². The van der Waals surface area contributed by atoms with Crippen LogP contribution in [-0.4, -0.2) is 41.9 Å². The fraction of sp³-hybridized carbons (Fsp3) is 0.619. The molecule has 2 amide bonds. The summed E-state index contributed by atoms with van der Waals surface area (Å²) in [7, 11) is 0. The number of benzene rings is 1. The van der Waals surface area contributed by atoms with Gasteiger partial charge in [-0.15, -0.1) is 0 Å². The Hall–Kier alpha value is -1.88. The Morgan fingerprint density at radius 2 is 1.88 bits per heavy atom. The maximum absolute atomic E-state index is 12.9. The van der Waals surface area contributed by atoms with Crippen molar-refractivity contribution < 1.29 is 9.59 Å². The standard InChI is InChI=1S/C21H33N3O2/c1-14(2)21(5,13-22)23-19(25)17-7-6-8-24(12-17)20(26)18-10-15(3)9-16(4)11-18/h9-11,14,17H,6-8,12-13,22H2,1-5H3,(H,23,25). The molecule has 1 aliphatic heterocycles. The van der Waals surface area contributed by atoms with Crippen LogP contribution >= 0.6 is 0 Å². The van der Waals surface area contributed by atoms with Gasteiger partial charge in [-0.2, -0.15) is 0 Å². The minimum absolute atomic E-state index is 0.00423. The van der Waals surface area contributed by atoms with Gasteiger partial charge >= 0.3 is 0 Å². The number of amides is 2. The number of carbonyl (C=O) groups is 2. The lowest BCUT2D eigenvalue weighted by Gasteiger charge is -2.37. The van der Waals surface area contributed by atoms with Gasteiger partial charge in [0.1, 0.15) is 0 Å². The number of aryl methyl sites for hydroxylation is 2. The molecule has 0 bridgehead atoms. The van der Waals surface area contributed by atoms with Gasteiger partial charge in [0.25, 0.3) is 5.91 Å². The Morgan fingerprint density at radius 1 is 1.27 bits per heavy atom. The lowest BCUT2D eigenvalue weighted by atomic mass is 9.87. The van der Waals surface area contributed by atoms with E-state index in [1.807, 2.05) is 37.8 Å². The van der Waals surface area contributed by atoms with Crippen molar-refractivity contribution in [3.63, 3.8) is 0 Å². The van der Waals surface area contributed by atoms with E-state index in [-0.39, 0.29) is 23.7 Å². The minimum atomic E-state index is -0.420. The lowest BCUT2D eigenvalue weighted by molar-refractivity contribution is -0.128. The molecule has 3 N–H and O–H groups in total. The van der Waals surface area contributed by atoms with E-state index in [0.717, 1.165) is 24.0 Å². The van der Waals surface area contributed by atoms with E-state index in [4.69, 9.17) is 5.73 Å². The second-order valence-corrected chi connectivity index (χ2v) is 8.23. The summed E-state index contributed by atoms with van der Waals surface area (Å²) in [4.78, 5) is 27.5. The third-order valence-corrected chi connectivity index (χ3v) is 5.66. The zero-order valence-corrected chi connectivity index (χ0v) is 16.8. The van der Waals surface area contributed by atoms with Crippen molar-refractivity contribution in [2.45, 2.75) is 53.0 Å². The van der Waals surface area contributed by atoms with Crippen molar-refractivity contribution in [1.82, 2.24) is 10.2 Å². The third-order valence-electron chi connectivity index (χ3n) is 5.66. The molecule has 1 aliphatic rings. The predicted octanol–water partition coefficient (Wildman–Crippen LogP) is 2.65. The summed E-state index contributed by atoms with van der Waals surface area (Å²) >= 11 is 0. The monoisotopic (exact) mass is 359 g/mol. The van der Waals surface area contributed by atoms with Gasteiger partial charge in [0, 0.05) is 25.2 Å². The average Bonchev–Trinajstić information content (AvgIpc) is 2.60. The van der Waals surface area contributed by atoms with E-state index in [9.17, 15) is 9.59 Å². The number of hydrogen-bond acceptors (Lipinski definition) is 3. The largest absolute Gasteiger partial charge is 0.349 e. The Morgan fingerprint density at radius 3 is 2.42 bits per heavy atom. The van der Waals surface area contributed by atoms with Crippen LogP contribution in [0.3, 0.4) is 0 Å². The SMILES string of the molecule is Cc1cc(C)cc(C(=O)N2CCCC(C(=O)NC(C)(CN)C(C)C)C2)c1. The first-order valence-electron chi connectivity index (χ1n) is 9.56. The normalized spacial score (nSPS) is 20.0. The highest BCUT2D eigenvalue weighted by molar-refractivity contribution is 5.95. The lowest BCUT2D eigenvalue weighted by Crippen LogP contribution is -2.58. The first-order chi connectivity index (χ1) is 12.2. The van der Waals surface area contributed by atoms with E-state index in [0.29, 0.717) is 25.2 Å². The second kappa shape index (κ2) is 8.21. The van der Waals surface area contributed by atoms with Gasteiger partial charge in [-0.05, 0) is 51.7 Å². The second-order valence-electron chi connectivity index (χ2n) is 8.23. The highest BCUT2D eigenvalue weighted by Gasteiger charge is 2.34. The van der Waals surface area contributed by atoms with Gasteiger partial charge in [-0.25, -0.2) is 0 Å². The molecule has 144 valence electrons. The number of nitrogens with zero attached hydrogens (tertiary/aromatic N) is 1. The molecule has 2 atom stereocenters. The minimum Gasteiger partial charge on any atom is -0.349 e. The molecule has 0 aromatic heterocycles. The maximum Gasteiger partial charge on any atom is 0.253 e. The van der Waals surface area contributed by atoms with Crippen molar-refractivity contribution in [1.29, 1.82) is 0 Å². The number of rotatable bonds is 5. The summed E-state index contributed by atoms with van der Waals surface area (Å²) in [6, 6.07) is 5.90. The molecule has 1 aromatic rings. The molecule has 1 saturated heterocycles. The topological polar surface area (TPSA) is 75.4 Å². The molecular weight excluding hydrogens is 326 g/mol. The van der Waals surface area contributed by atoms with Crippen molar-refractivity contribution in [3.8, 4) is 0 Å². The van der Waals surface area contributed by atoms with E-state index >= 15 is 0 Å². The van der Waals surface area contributed by atoms with Gasteiger partial charge in [0.05, 0.1) is 11.5 Å². The Kier molecular flexibility index (Phi) is 6.45. The zero-order valence-electron chi connectivity index (χ0n) is 16.8. The van der Waals surface area contributed by atoms with Crippen molar-refractivity contribution in [2.75, 3.05) is 19.6 Å². The zero-order chi connectivity index (χ0) is 19.5. The number of piperidine rings is 1. The highest BCUT2D eigenvalue weighted by Crippen LogP contribution is 2.22. The predicted molar refractivity (Wildman–Crippen MR) is 105 cm³/mol. The number of nitrogens with two attached hydrogens (primary N) is 1. The summed E-state index contributed by atoms with van der Waals surface area (Å²) in [5.41, 5.74) is 8.33. The van der Waals surface area contributed by atoms with E-state index in [1.165, 1.54) is 0 Å². The highest BCUT2D eigenvalue weighted by atomic mass is 16.2. The Labute approximate surface area is 157 Å². The third kappa shape index (κ3) is 4.64. The quantitative estimate of drug-likeness (QED) is 0.849. The van der Waals surface area contributed by atoms with Crippen LogP contribution < -0.4 is 11.1 Å². The fourth-order valence-electron chi connectivity index (χ4n) is 3.47. The number of likely N-dealkylation sites (tertiary alicyclic amines) is 1. The first-order valence-corrected chi connectivity index (χ1v) is 9.56. The summed E-state index contributed by atoms with van der Waals surface area (Å²) < 4.78 is 0. The average molecular weight is 360 g/mol. The van der Waals surface area contributed by atoms with Crippen LogP contribution in [0.4, 0.5) is 0 Å². The summed E-state index contributed by atoms with van der Waals surface area (Å²) in [5, 5.41) is 3.13. The van der Waals surface area contributed by atoms with Gasteiger partial charge in [-0.1, -0.05) is 31.0 Å². The van der Waals surface area contributed by atoms with Gasteiger partial charge < -0.3 is 16.0 Å². The van der Waals surface area contributed by atoms with Crippen LogP contribution in [0.1, 0.15) is 55.1 Å². The van der Waals surface area contributed by atoms with Gasteiger partial charge in [0.15, 0.2) is 0 Å². The van der Waals surface area contributed by atoms with Crippen LogP contribution in [0.2, 0.25) is 0 Å². The Balaban J connectivity index is 2.08. The Bertz CT molecular complexity index is 651. The molecule has 2 unspecified atom stereocenters. The molecule has 1 fully saturated rings. The fourth-order valence-corrected chi connectivity index (χ4v) is 3.47. The van der Waals surface area contributed by atoms with Crippen molar-refractivity contribution >= 4 is 11.8 Å². The summed E-state index contributed by atoms with van der Waals surface area (Å²) in [5.74, 6) is 0.0839. The molecule has 5 heteroatoms. The molecule has 0 saturated carbocycles. The molecule has 2 rings (SSSR count). The number of carbonyl (C=O) groups excluding carboxylic acids is 2. The molecular formula is C21H33N3O2. The molecule has 0 aliphatic carbocycles. The smallest absolute Gasteiger partial charge is 0.253 e. The molecule has 1 aromatic carbocycles.